The van der Waals surface area contributed by atoms with Crippen molar-refractivity contribution in [2.75, 3.05) is 0 Å². The largest absolute Gasteiger partial charge is 0.481 e. The monoisotopic (exact) mass is 319 g/mol. The molecule has 2 aromatic rings. The summed E-state index contributed by atoms with van der Waals surface area (Å²) in [6, 6.07) is 2.05. The molecule has 116 valence electrons. The van der Waals surface area contributed by atoms with Gasteiger partial charge < -0.3 is 14.8 Å². The van der Waals surface area contributed by atoms with Crippen LogP contribution < -0.4 is 5.32 Å². The van der Waals surface area contributed by atoms with Crippen molar-refractivity contribution in [3.63, 3.8) is 0 Å². The second-order valence-corrected chi connectivity index (χ2v) is 6.51. The molecule has 5 nitrogen and oxygen atoms in total. The van der Waals surface area contributed by atoms with Crippen LogP contribution in [0.1, 0.15) is 51.0 Å². The van der Waals surface area contributed by atoms with Gasteiger partial charge in [-0.1, -0.05) is 0 Å². The molecular formula is C16H17NO4S. The molecule has 2 heterocycles. The summed E-state index contributed by atoms with van der Waals surface area (Å²) in [5.74, 6) is -1.06. The number of carboxylic acids is 1. The number of aliphatic carboxylic acids is 1. The van der Waals surface area contributed by atoms with Crippen LogP contribution in [0.25, 0.3) is 0 Å². The quantitative estimate of drug-likeness (QED) is 0.907. The van der Waals surface area contributed by atoms with Gasteiger partial charge in [0.05, 0.1) is 17.9 Å². The zero-order valence-corrected chi connectivity index (χ0v) is 13.0. The molecule has 0 saturated carbocycles. The molecule has 3 rings (SSSR count). The summed E-state index contributed by atoms with van der Waals surface area (Å²) in [6.07, 6.45) is 4.16. The Morgan fingerprint density at radius 3 is 3.09 bits per heavy atom. The lowest BCUT2D eigenvalue weighted by molar-refractivity contribution is -0.136. The van der Waals surface area contributed by atoms with Crippen LogP contribution in [0.15, 0.2) is 22.1 Å². The highest BCUT2D eigenvalue weighted by Gasteiger charge is 2.26. The van der Waals surface area contributed by atoms with Gasteiger partial charge in [-0.2, -0.15) is 0 Å². The van der Waals surface area contributed by atoms with Gasteiger partial charge in [0.25, 0.3) is 5.91 Å². The van der Waals surface area contributed by atoms with Crippen molar-refractivity contribution >= 4 is 23.2 Å². The first-order valence-electron chi connectivity index (χ1n) is 7.22. The fourth-order valence-electron chi connectivity index (χ4n) is 2.94. The third kappa shape index (κ3) is 2.78. The van der Waals surface area contributed by atoms with Crippen molar-refractivity contribution in [1.82, 2.24) is 5.32 Å². The fourth-order valence-corrected chi connectivity index (χ4v) is 3.92. The molecule has 0 bridgehead atoms. The number of hydrogen-bond donors (Lipinski definition) is 2. The normalized spacial score (nSPS) is 17.0. The molecule has 0 fully saturated rings. The minimum absolute atomic E-state index is 0.00511. The van der Waals surface area contributed by atoms with Gasteiger partial charge in [-0.25, -0.2) is 0 Å². The van der Waals surface area contributed by atoms with Crippen LogP contribution in [0.4, 0.5) is 0 Å². The van der Waals surface area contributed by atoms with Gasteiger partial charge in [0.15, 0.2) is 0 Å². The van der Waals surface area contributed by atoms with Gasteiger partial charge >= 0.3 is 5.97 Å². The van der Waals surface area contributed by atoms with Crippen LogP contribution in [-0.4, -0.2) is 17.0 Å². The SMILES string of the molecule is Cc1coc(CC(=O)O)c1C(=O)NC1CCCc2sccc21. The summed E-state index contributed by atoms with van der Waals surface area (Å²) in [7, 11) is 0. The maximum absolute atomic E-state index is 12.6. The molecule has 0 aromatic carbocycles. The lowest BCUT2D eigenvalue weighted by Gasteiger charge is -2.23. The lowest BCUT2D eigenvalue weighted by Crippen LogP contribution is -2.31. The third-order valence-electron chi connectivity index (χ3n) is 3.95. The number of rotatable bonds is 4. The Balaban J connectivity index is 1.82. The molecule has 0 aliphatic heterocycles. The van der Waals surface area contributed by atoms with E-state index in [1.54, 1.807) is 18.3 Å². The first kappa shape index (κ1) is 14.8. The average molecular weight is 319 g/mol. The molecule has 2 aromatic heterocycles. The second kappa shape index (κ2) is 5.96. The number of amides is 1. The summed E-state index contributed by atoms with van der Waals surface area (Å²) in [4.78, 5) is 24.8. The number of furan rings is 1. The summed E-state index contributed by atoms with van der Waals surface area (Å²) in [5, 5.41) is 14.0. The molecule has 2 N–H and O–H groups in total. The van der Waals surface area contributed by atoms with Gasteiger partial charge in [-0.3, -0.25) is 9.59 Å². The van der Waals surface area contributed by atoms with Crippen molar-refractivity contribution in [1.29, 1.82) is 0 Å². The number of fused-ring (bicyclic) bond motifs is 1. The number of aryl methyl sites for hydroxylation is 2. The van der Waals surface area contributed by atoms with Gasteiger partial charge in [-0.05, 0) is 43.2 Å². The minimum atomic E-state index is -1.01. The molecule has 6 heteroatoms. The topological polar surface area (TPSA) is 79.5 Å². The highest BCUT2D eigenvalue weighted by atomic mass is 32.1. The van der Waals surface area contributed by atoms with Gasteiger partial charge in [0, 0.05) is 10.4 Å². The molecule has 22 heavy (non-hydrogen) atoms. The number of hydrogen-bond acceptors (Lipinski definition) is 4. The Morgan fingerprint density at radius 1 is 1.50 bits per heavy atom. The van der Waals surface area contributed by atoms with Gasteiger partial charge in [0.1, 0.15) is 12.2 Å². The average Bonchev–Trinajstić information content (AvgIpc) is 3.06. The van der Waals surface area contributed by atoms with E-state index in [2.05, 4.69) is 11.4 Å². The summed E-state index contributed by atoms with van der Waals surface area (Å²) in [5.41, 5.74) is 2.20. The number of carbonyl (C=O) groups is 2. The second-order valence-electron chi connectivity index (χ2n) is 5.50. The van der Waals surface area contributed by atoms with Crippen molar-refractivity contribution in [3.05, 3.63) is 45.0 Å². The summed E-state index contributed by atoms with van der Waals surface area (Å²) >= 11 is 1.72. The molecule has 1 unspecified atom stereocenters. The van der Waals surface area contributed by atoms with Crippen LogP contribution in [0.3, 0.4) is 0 Å². The number of thiophene rings is 1. The highest BCUT2D eigenvalue weighted by molar-refractivity contribution is 7.10. The van der Waals surface area contributed by atoms with Crippen LogP contribution in [0.5, 0.6) is 0 Å². The van der Waals surface area contributed by atoms with E-state index in [0.29, 0.717) is 11.1 Å². The Labute approximate surface area is 132 Å². The third-order valence-corrected chi connectivity index (χ3v) is 4.94. The molecule has 0 spiro atoms. The number of carboxylic acid groups (broad SMARTS) is 1. The van der Waals surface area contributed by atoms with E-state index in [0.717, 1.165) is 19.3 Å². The van der Waals surface area contributed by atoms with E-state index in [9.17, 15) is 9.59 Å². The Bertz CT molecular complexity index is 716. The number of nitrogens with one attached hydrogen (secondary N) is 1. The van der Waals surface area contributed by atoms with E-state index in [1.807, 2.05) is 5.38 Å². The van der Waals surface area contributed by atoms with Crippen LogP contribution >= 0.6 is 11.3 Å². The first-order chi connectivity index (χ1) is 10.6. The Hall–Kier alpha value is -2.08. The smallest absolute Gasteiger partial charge is 0.311 e. The Kier molecular flexibility index (Phi) is 4.02. The fraction of sp³-hybridized carbons (Fsp3) is 0.375. The predicted molar refractivity (Wildman–Crippen MR) is 82.2 cm³/mol. The van der Waals surface area contributed by atoms with Crippen molar-refractivity contribution < 1.29 is 19.1 Å². The van der Waals surface area contributed by atoms with E-state index < -0.39 is 5.97 Å². The van der Waals surface area contributed by atoms with E-state index in [1.165, 1.54) is 16.7 Å². The standard InChI is InChI=1S/C16H17NO4S/c1-9-8-21-12(7-14(18)19)15(9)16(20)17-11-3-2-4-13-10(11)5-6-22-13/h5-6,8,11H,2-4,7H2,1H3,(H,17,20)(H,18,19). The molecular weight excluding hydrogens is 302 g/mol. The van der Waals surface area contributed by atoms with E-state index in [-0.39, 0.29) is 24.1 Å². The Morgan fingerprint density at radius 2 is 2.32 bits per heavy atom. The lowest BCUT2D eigenvalue weighted by atomic mass is 9.93. The molecule has 0 radical (unpaired) electrons. The number of carbonyl (C=O) groups excluding carboxylic acids is 1. The molecule has 1 amide bonds. The molecule has 1 aliphatic rings. The molecule has 0 saturated heterocycles. The zero-order valence-electron chi connectivity index (χ0n) is 12.2. The van der Waals surface area contributed by atoms with E-state index >= 15 is 0 Å². The van der Waals surface area contributed by atoms with Crippen molar-refractivity contribution in [2.24, 2.45) is 0 Å². The van der Waals surface area contributed by atoms with E-state index in [4.69, 9.17) is 9.52 Å². The summed E-state index contributed by atoms with van der Waals surface area (Å²) in [6.45, 7) is 1.75. The van der Waals surface area contributed by atoms with Crippen molar-refractivity contribution in [2.45, 2.75) is 38.6 Å². The predicted octanol–water partition coefficient (Wildman–Crippen LogP) is 3.08. The van der Waals surface area contributed by atoms with Crippen molar-refractivity contribution in [3.8, 4) is 0 Å². The minimum Gasteiger partial charge on any atom is -0.481 e. The highest BCUT2D eigenvalue weighted by Crippen LogP contribution is 2.33. The summed E-state index contributed by atoms with van der Waals surface area (Å²) < 4.78 is 5.23. The maximum Gasteiger partial charge on any atom is 0.311 e. The van der Waals surface area contributed by atoms with Crippen LogP contribution in [0, 0.1) is 6.92 Å². The zero-order chi connectivity index (χ0) is 15.7. The first-order valence-corrected chi connectivity index (χ1v) is 8.10. The van der Waals surface area contributed by atoms with Gasteiger partial charge in [0.2, 0.25) is 0 Å². The maximum atomic E-state index is 12.6. The van der Waals surface area contributed by atoms with Gasteiger partial charge in [-0.15, -0.1) is 11.3 Å². The molecule has 1 aliphatic carbocycles. The van der Waals surface area contributed by atoms with Crippen LogP contribution in [-0.2, 0) is 17.6 Å². The van der Waals surface area contributed by atoms with Crippen LogP contribution in [0.2, 0.25) is 0 Å². The molecule has 1 atom stereocenters.